The zero-order chi connectivity index (χ0) is 9.68. The SMILES string of the molecule is CNC[C@H](F)Cc1ccccc1F. The predicted molar refractivity (Wildman–Crippen MR) is 48.9 cm³/mol. The first-order chi connectivity index (χ1) is 6.24. The van der Waals surface area contributed by atoms with Gasteiger partial charge in [-0.2, -0.15) is 0 Å². The molecule has 0 radical (unpaired) electrons. The van der Waals surface area contributed by atoms with Gasteiger partial charge in [-0.15, -0.1) is 0 Å². The van der Waals surface area contributed by atoms with Gasteiger partial charge in [0.25, 0.3) is 0 Å². The molecule has 0 aromatic heterocycles. The van der Waals surface area contributed by atoms with E-state index in [1.807, 2.05) is 0 Å². The van der Waals surface area contributed by atoms with E-state index in [9.17, 15) is 8.78 Å². The Bertz CT molecular complexity index is 263. The highest BCUT2D eigenvalue weighted by atomic mass is 19.1. The highest BCUT2D eigenvalue weighted by Gasteiger charge is 2.09. The van der Waals surface area contributed by atoms with Crippen molar-refractivity contribution in [1.82, 2.24) is 5.32 Å². The van der Waals surface area contributed by atoms with Gasteiger partial charge >= 0.3 is 0 Å². The van der Waals surface area contributed by atoms with Crippen molar-refractivity contribution in [2.75, 3.05) is 13.6 Å². The molecule has 13 heavy (non-hydrogen) atoms. The Morgan fingerprint density at radius 3 is 2.69 bits per heavy atom. The minimum absolute atomic E-state index is 0.132. The maximum Gasteiger partial charge on any atom is 0.126 e. The largest absolute Gasteiger partial charge is 0.317 e. The van der Waals surface area contributed by atoms with E-state index in [4.69, 9.17) is 0 Å². The van der Waals surface area contributed by atoms with Crippen molar-refractivity contribution in [2.45, 2.75) is 12.6 Å². The average molecular weight is 185 g/mol. The Balaban J connectivity index is 2.58. The lowest BCUT2D eigenvalue weighted by Crippen LogP contribution is -2.22. The second kappa shape index (κ2) is 4.92. The summed E-state index contributed by atoms with van der Waals surface area (Å²) in [6, 6.07) is 6.27. The van der Waals surface area contributed by atoms with Crippen molar-refractivity contribution in [1.29, 1.82) is 0 Å². The Labute approximate surface area is 76.8 Å². The van der Waals surface area contributed by atoms with Gasteiger partial charge in [-0.3, -0.25) is 0 Å². The van der Waals surface area contributed by atoms with Crippen LogP contribution in [0.5, 0.6) is 0 Å². The van der Waals surface area contributed by atoms with Gasteiger partial charge < -0.3 is 5.32 Å². The summed E-state index contributed by atoms with van der Waals surface area (Å²) in [4.78, 5) is 0. The van der Waals surface area contributed by atoms with Crippen LogP contribution in [0.1, 0.15) is 5.56 Å². The summed E-state index contributed by atoms with van der Waals surface area (Å²) in [6.07, 6.45) is -0.894. The molecular formula is C10H13F2N. The van der Waals surface area contributed by atoms with Crippen molar-refractivity contribution >= 4 is 0 Å². The molecule has 0 spiro atoms. The van der Waals surface area contributed by atoms with Gasteiger partial charge in [0.2, 0.25) is 0 Å². The third kappa shape index (κ3) is 3.11. The van der Waals surface area contributed by atoms with Crippen LogP contribution in [0.25, 0.3) is 0 Å². The maximum atomic E-state index is 13.0. The Kier molecular flexibility index (Phi) is 3.83. The number of nitrogens with one attached hydrogen (secondary N) is 1. The molecule has 0 amide bonds. The molecule has 1 N–H and O–H groups in total. The zero-order valence-electron chi connectivity index (χ0n) is 7.56. The minimum Gasteiger partial charge on any atom is -0.317 e. The van der Waals surface area contributed by atoms with Crippen LogP contribution in [0.3, 0.4) is 0 Å². The smallest absolute Gasteiger partial charge is 0.126 e. The average Bonchev–Trinajstić information content (AvgIpc) is 2.09. The van der Waals surface area contributed by atoms with Gasteiger partial charge in [0, 0.05) is 13.0 Å². The van der Waals surface area contributed by atoms with Crippen molar-refractivity contribution in [3.8, 4) is 0 Å². The highest BCUT2D eigenvalue weighted by molar-refractivity contribution is 5.18. The van der Waals surface area contributed by atoms with Crippen LogP contribution in [0, 0.1) is 5.82 Å². The molecule has 1 aromatic rings. The lowest BCUT2D eigenvalue weighted by molar-refractivity contribution is 0.321. The first-order valence-electron chi connectivity index (χ1n) is 4.26. The van der Waals surface area contributed by atoms with Gasteiger partial charge in [0.05, 0.1) is 0 Å². The fraction of sp³-hybridized carbons (Fsp3) is 0.400. The number of alkyl halides is 1. The summed E-state index contributed by atoms with van der Waals surface area (Å²) in [7, 11) is 1.67. The third-order valence-corrected chi connectivity index (χ3v) is 1.82. The lowest BCUT2D eigenvalue weighted by Gasteiger charge is -2.07. The van der Waals surface area contributed by atoms with Gasteiger partial charge in [0.15, 0.2) is 0 Å². The summed E-state index contributed by atoms with van der Waals surface area (Å²) in [6.45, 7) is 0.258. The standard InChI is InChI=1S/C10H13F2N/c1-13-7-9(11)6-8-4-2-3-5-10(8)12/h2-5,9,13H,6-7H2,1H3/t9-/m1/s1. The Hall–Kier alpha value is -0.960. The quantitative estimate of drug-likeness (QED) is 0.755. The van der Waals surface area contributed by atoms with E-state index in [0.29, 0.717) is 5.56 Å². The molecule has 0 bridgehead atoms. The Morgan fingerprint density at radius 1 is 1.38 bits per heavy atom. The van der Waals surface area contributed by atoms with E-state index < -0.39 is 6.17 Å². The molecule has 0 fully saturated rings. The second-order valence-corrected chi connectivity index (χ2v) is 2.95. The van der Waals surface area contributed by atoms with Gasteiger partial charge in [-0.1, -0.05) is 18.2 Å². The van der Waals surface area contributed by atoms with E-state index in [1.54, 1.807) is 25.2 Å². The number of hydrogen-bond acceptors (Lipinski definition) is 1. The van der Waals surface area contributed by atoms with E-state index >= 15 is 0 Å². The first-order valence-corrected chi connectivity index (χ1v) is 4.26. The van der Waals surface area contributed by atoms with Crippen molar-refractivity contribution in [3.63, 3.8) is 0 Å². The summed E-state index contributed by atoms with van der Waals surface area (Å²) >= 11 is 0. The molecule has 0 aliphatic rings. The topological polar surface area (TPSA) is 12.0 Å². The predicted octanol–water partition coefficient (Wildman–Crippen LogP) is 1.93. The van der Waals surface area contributed by atoms with Crippen LogP contribution in [0.4, 0.5) is 8.78 Å². The van der Waals surface area contributed by atoms with Crippen LogP contribution < -0.4 is 5.32 Å². The van der Waals surface area contributed by atoms with Gasteiger partial charge in [0.1, 0.15) is 12.0 Å². The molecule has 0 unspecified atom stereocenters. The van der Waals surface area contributed by atoms with Crippen molar-refractivity contribution in [2.24, 2.45) is 0 Å². The zero-order valence-corrected chi connectivity index (χ0v) is 7.56. The van der Waals surface area contributed by atoms with Gasteiger partial charge in [-0.25, -0.2) is 8.78 Å². The molecule has 0 aliphatic heterocycles. The van der Waals surface area contributed by atoms with E-state index in [1.165, 1.54) is 6.07 Å². The summed E-state index contributed by atoms with van der Waals surface area (Å²) in [5.41, 5.74) is 0.435. The molecule has 1 nitrogen and oxygen atoms in total. The normalized spacial score (nSPS) is 12.8. The lowest BCUT2D eigenvalue weighted by atomic mass is 10.1. The molecule has 0 heterocycles. The maximum absolute atomic E-state index is 13.0. The molecule has 0 saturated carbocycles. The molecule has 1 rings (SSSR count). The highest BCUT2D eigenvalue weighted by Crippen LogP contribution is 2.10. The molecule has 1 aromatic carbocycles. The van der Waals surface area contributed by atoms with Crippen LogP contribution in [0.2, 0.25) is 0 Å². The second-order valence-electron chi connectivity index (χ2n) is 2.95. The van der Waals surface area contributed by atoms with Crippen molar-refractivity contribution in [3.05, 3.63) is 35.6 Å². The molecular weight excluding hydrogens is 172 g/mol. The van der Waals surface area contributed by atoms with E-state index in [0.717, 1.165) is 0 Å². The van der Waals surface area contributed by atoms with Crippen molar-refractivity contribution < 1.29 is 8.78 Å². The number of halogens is 2. The fourth-order valence-electron chi connectivity index (χ4n) is 1.20. The fourth-order valence-corrected chi connectivity index (χ4v) is 1.20. The number of hydrogen-bond donors (Lipinski definition) is 1. The van der Waals surface area contributed by atoms with Crippen LogP contribution in [-0.2, 0) is 6.42 Å². The van der Waals surface area contributed by atoms with Crippen LogP contribution in [0.15, 0.2) is 24.3 Å². The summed E-state index contributed by atoms with van der Waals surface area (Å²) < 4.78 is 26.0. The van der Waals surface area contributed by atoms with E-state index in [-0.39, 0.29) is 18.8 Å². The van der Waals surface area contributed by atoms with Crippen LogP contribution in [-0.4, -0.2) is 19.8 Å². The number of rotatable bonds is 4. The molecule has 72 valence electrons. The first kappa shape index (κ1) is 10.1. The Morgan fingerprint density at radius 2 is 2.08 bits per heavy atom. The monoisotopic (exact) mass is 185 g/mol. The molecule has 1 atom stereocenters. The number of benzene rings is 1. The van der Waals surface area contributed by atoms with Gasteiger partial charge in [-0.05, 0) is 18.7 Å². The van der Waals surface area contributed by atoms with E-state index in [2.05, 4.69) is 5.32 Å². The molecule has 3 heteroatoms. The third-order valence-electron chi connectivity index (χ3n) is 1.82. The molecule has 0 aliphatic carbocycles. The van der Waals surface area contributed by atoms with Crippen LogP contribution >= 0.6 is 0 Å². The molecule has 0 saturated heterocycles. The summed E-state index contributed by atoms with van der Waals surface area (Å²) in [5.74, 6) is -0.332. The summed E-state index contributed by atoms with van der Waals surface area (Å²) in [5, 5.41) is 2.71. The minimum atomic E-state index is -1.03.